The third-order valence-corrected chi connectivity index (χ3v) is 7.56. The fourth-order valence-corrected chi connectivity index (χ4v) is 5.12. The second-order valence-corrected chi connectivity index (χ2v) is 10.5. The van der Waals surface area contributed by atoms with Crippen LogP contribution in [0.1, 0.15) is 65.1 Å². The molecule has 0 unspecified atom stereocenters. The Bertz CT molecular complexity index is 1370. The van der Waals surface area contributed by atoms with Crippen molar-refractivity contribution in [3.05, 3.63) is 113 Å². The lowest BCUT2D eigenvalue weighted by Crippen LogP contribution is -2.38. The zero-order valence-electron chi connectivity index (χ0n) is 22.6. The van der Waals surface area contributed by atoms with Crippen molar-refractivity contribution in [1.82, 2.24) is 10.2 Å². The molecule has 2 N–H and O–H groups in total. The Kier molecular flexibility index (Phi) is 8.91. The first-order valence-corrected chi connectivity index (χ1v) is 14.0. The Labute approximate surface area is 235 Å². The Morgan fingerprint density at radius 2 is 1.62 bits per heavy atom. The van der Waals surface area contributed by atoms with Crippen molar-refractivity contribution < 1.29 is 19.1 Å². The van der Waals surface area contributed by atoms with E-state index < -0.39 is 6.09 Å². The van der Waals surface area contributed by atoms with Gasteiger partial charge in [-0.3, -0.25) is 9.59 Å². The van der Waals surface area contributed by atoms with Crippen molar-refractivity contribution in [1.29, 1.82) is 0 Å². The van der Waals surface area contributed by atoms with Crippen LogP contribution in [0.5, 0.6) is 0 Å². The molecule has 40 heavy (non-hydrogen) atoms. The maximum absolute atomic E-state index is 13.2. The van der Waals surface area contributed by atoms with Gasteiger partial charge in [0.1, 0.15) is 6.61 Å². The molecule has 1 heterocycles. The molecule has 3 aromatic carbocycles. The molecule has 7 nitrogen and oxygen atoms in total. The molecule has 1 aliphatic carbocycles. The van der Waals surface area contributed by atoms with E-state index in [1.54, 1.807) is 18.2 Å². The van der Waals surface area contributed by atoms with Gasteiger partial charge in [-0.05, 0) is 72.9 Å². The average molecular weight is 538 g/mol. The van der Waals surface area contributed by atoms with Crippen LogP contribution in [0.15, 0.2) is 90.5 Å². The fraction of sp³-hybridized carbons (Fsp3) is 0.303. The number of piperidine rings is 1. The Morgan fingerprint density at radius 3 is 2.38 bits per heavy atom. The van der Waals surface area contributed by atoms with Crippen LogP contribution in [0.25, 0.3) is 0 Å². The quantitative estimate of drug-likeness (QED) is 0.336. The van der Waals surface area contributed by atoms with Gasteiger partial charge in [0, 0.05) is 37.0 Å². The minimum atomic E-state index is -0.444. The normalized spacial score (nSPS) is 15.1. The third-order valence-electron chi connectivity index (χ3n) is 7.56. The van der Waals surface area contributed by atoms with Gasteiger partial charge in [0.25, 0.3) is 5.91 Å². The number of nitrogens with one attached hydrogen (secondary N) is 2. The van der Waals surface area contributed by atoms with Crippen LogP contribution in [0, 0.1) is 0 Å². The van der Waals surface area contributed by atoms with Crippen LogP contribution >= 0.6 is 0 Å². The monoisotopic (exact) mass is 537 g/mol. The Hall–Kier alpha value is -4.39. The molecule has 2 fully saturated rings. The highest BCUT2D eigenvalue weighted by Gasteiger charge is 2.25. The molecule has 2 aliphatic rings. The van der Waals surface area contributed by atoms with Gasteiger partial charge in [-0.25, -0.2) is 4.79 Å². The first-order valence-electron chi connectivity index (χ1n) is 14.0. The van der Waals surface area contributed by atoms with Gasteiger partial charge in [-0.1, -0.05) is 66.2 Å². The third kappa shape index (κ3) is 7.38. The molecule has 0 spiro atoms. The molecular formula is C33H35N3O4. The summed E-state index contributed by atoms with van der Waals surface area (Å²) in [5, 5.41) is 5.66. The molecule has 3 amide bonds. The van der Waals surface area contributed by atoms with Crippen molar-refractivity contribution in [2.75, 3.05) is 18.4 Å². The lowest BCUT2D eigenvalue weighted by atomic mass is 9.88. The predicted molar refractivity (Wildman–Crippen MR) is 155 cm³/mol. The predicted octanol–water partition coefficient (Wildman–Crippen LogP) is 6.18. The van der Waals surface area contributed by atoms with Crippen LogP contribution in [0.4, 0.5) is 10.5 Å². The van der Waals surface area contributed by atoms with Crippen LogP contribution in [-0.2, 0) is 22.7 Å². The lowest BCUT2D eigenvalue weighted by molar-refractivity contribution is -0.112. The van der Waals surface area contributed by atoms with E-state index in [9.17, 15) is 14.4 Å². The number of benzene rings is 3. The number of amides is 3. The van der Waals surface area contributed by atoms with E-state index in [1.165, 1.54) is 11.1 Å². The fourth-order valence-electron chi connectivity index (χ4n) is 5.12. The van der Waals surface area contributed by atoms with E-state index in [0.29, 0.717) is 36.8 Å². The molecule has 1 aliphatic heterocycles. The van der Waals surface area contributed by atoms with Crippen molar-refractivity contribution in [3.8, 4) is 0 Å². The van der Waals surface area contributed by atoms with Gasteiger partial charge < -0.3 is 20.3 Å². The number of likely N-dealkylation sites (tertiary alicyclic amines) is 1. The number of carbonyl (C=O) groups excluding carboxylic acids is 3. The summed E-state index contributed by atoms with van der Waals surface area (Å²) in [6, 6.07) is 25.0. The summed E-state index contributed by atoms with van der Waals surface area (Å²) < 4.78 is 5.42. The molecule has 0 aromatic heterocycles. The summed E-state index contributed by atoms with van der Waals surface area (Å²) in [5.74, 6) is 0.178. The van der Waals surface area contributed by atoms with Crippen LogP contribution in [0.3, 0.4) is 0 Å². The number of carbonyl (C=O) groups is 3. The van der Waals surface area contributed by atoms with Crippen molar-refractivity contribution in [2.45, 2.75) is 51.2 Å². The minimum Gasteiger partial charge on any atom is -0.445 e. The molecule has 5 rings (SSSR count). The molecular weight excluding hydrogens is 502 g/mol. The standard InChI is InChI=1S/C33H35N3O4/c37-31(20-24-9-4-10-24)35-30-14-6-13-29(21-30)32(38)36-17-15-27(16-18-36)28-12-5-11-26(19-28)23-40-33(39)34-22-25-7-2-1-3-8-25/h1-3,5-8,11-14,19-21,27H,4,9-10,15-18,22-23H2,(H,34,39)(H,35,37). The second-order valence-electron chi connectivity index (χ2n) is 10.5. The topological polar surface area (TPSA) is 87.7 Å². The van der Waals surface area contributed by atoms with Crippen LogP contribution < -0.4 is 10.6 Å². The number of rotatable bonds is 8. The number of ether oxygens (including phenoxy) is 1. The first kappa shape index (κ1) is 27.2. The van der Waals surface area contributed by atoms with E-state index in [2.05, 4.69) is 22.8 Å². The molecule has 0 radical (unpaired) electrons. The molecule has 0 bridgehead atoms. The number of nitrogens with zero attached hydrogens (tertiary/aromatic N) is 1. The number of alkyl carbamates (subject to hydrolysis) is 1. The highest BCUT2D eigenvalue weighted by atomic mass is 16.5. The smallest absolute Gasteiger partial charge is 0.407 e. The van der Waals surface area contributed by atoms with Crippen molar-refractivity contribution >= 4 is 23.6 Å². The maximum Gasteiger partial charge on any atom is 0.407 e. The molecule has 0 atom stereocenters. The summed E-state index contributed by atoms with van der Waals surface area (Å²) in [4.78, 5) is 39.5. The summed E-state index contributed by atoms with van der Waals surface area (Å²) in [6.07, 6.45) is 6.08. The summed E-state index contributed by atoms with van der Waals surface area (Å²) in [7, 11) is 0. The highest BCUT2D eigenvalue weighted by molar-refractivity contribution is 6.01. The maximum atomic E-state index is 13.2. The van der Waals surface area contributed by atoms with E-state index in [0.717, 1.165) is 43.2 Å². The van der Waals surface area contributed by atoms with E-state index in [4.69, 9.17) is 4.74 Å². The summed E-state index contributed by atoms with van der Waals surface area (Å²) in [5.41, 5.74) is 5.55. The SMILES string of the molecule is O=C(C=C1CCC1)Nc1cccc(C(=O)N2CCC(c3cccc(COC(=O)NCc4ccccc4)c3)CC2)c1. The van der Waals surface area contributed by atoms with Gasteiger partial charge in [0.05, 0.1) is 0 Å². The molecule has 1 saturated heterocycles. The zero-order valence-corrected chi connectivity index (χ0v) is 22.6. The number of hydrogen-bond acceptors (Lipinski definition) is 4. The lowest BCUT2D eigenvalue weighted by Gasteiger charge is -2.32. The van der Waals surface area contributed by atoms with Crippen LogP contribution in [-0.4, -0.2) is 35.9 Å². The van der Waals surface area contributed by atoms with Crippen molar-refractivity contribution in [2.24, 2.45) is 0 Å². The minimum absolute atomic E-state index is 0.0180. The largest absolute Gasteiger partial charge is 0.445 e. The second kappa shape index (κ2) is 13.1. The molecule has 1 saturated carbocycles. The number of allylic oxidation sites excluding steroid dienone is 1. The van der Waals surface area contributed by atoms with Gasteiger partial charge in [-0.15, -0.1) is 0 Å². The Balaban J connectivity index is 1.10. The van der Waals surface area contributed by atoms with Gasteiger partial charge in [0.2, 0.25) is 5.91 Å². The van der Waals surface area contributed by atoms with Crippen LogP contribution in [0.2, 0.25) is 0 Å². The zero-order chi connectivity index (χ0) is 27.7. The molecule has 7 heteroatoms. The van der Waals surface area contributed by atoms with Gasteiger partial charge in [0.15, 0.2) is 0 Å². The number of hydrogen-bond donors (Lipinski definition) is 2. The van der Waals surface area contributed by atoms with Gasteiger partial charge in [-0.2, -0.15) is 0 Å². The van der Waals surface area contributed by atoms with E-state index >= 15 is 0 Å². The molecule has 3 aromatic rings. The van der Waals surface area contributed by atoms with Gasteiger partial charge >= 0.3 is 6.09 Å². The number of anilines is 1. The highest BCUT2D eigenvalue weighted by Crippen LogP contribution is 2.30. The van der Waals surface area contributed by atoms with E-state index in [-0.39, 0.29) is 18.4 Å². The Morgan fingerprint density at radius 1 is 0.875 bits per heavy atom. The van der Waals surface area contributed by atoms with Crippen molar-refractivity contribution in [3.63, 3.8) is 0 Å². The average Bonchev–Trinajstić information content (AvgIpc) is 2.97. The van der Waals surface area contributed by atoms with E-state index in [1.807, 2.05) is 59.5 Å². The summed E-state index contributed by atoms with van der Waals surface area (Å²) in [6.45, 7) is 1.95. The first-order chi connectivity index (χ1) is 19.5. The molecule has 206 valence electrons. The summed E-state index contributed by atoms with van der Waals surface area (Å²) >= 11 is 0.